The molecule has 124 valence electrons. The Bertz CT molecular complexity index is 674. The molecule has 0 saturated carbocycles. The minimum Gasteiger partial charge on any atom is -0.338 e. The molecule has 1 fully saturated rings. The summed E-state index contributed by atoms with van der Waals surface area (Å²) >= 11 is 5.99. The van der Waals surface area contributed by atoms with Gasteiger partial charge in [0.05, 0.1) is 17.4 Å². The summed E-state index contributed by atoms with van der Waals surface area (Å²) in [6.45, 7) is 2.57. The maximum absolute atomic E-state index is 12.5. The molecule has 1 unspecified atom stereocenters. The zero-order chi connectivity index (χ0) is 15.5. The van der Waals surface area contributed by atoms with Gasteiger partial charge < -0.3 is 10.2 Å². The second kappa shape index (κ2) is 7.81. The van der Waals surface area contributed by atoms with Crippen LogP contribution in [-0.2, 0) is 0 Å². The van der Waals surface area contributed by atoms with E-state index in [1.54, 1.807) is 17.1 Å². The van der Waals surface area contributed by atoms with Crippen LogP contribution >= 0.6 is 24.0 Å². The normalized spacial score (nSPS) is 17.1. The van der Waals surface area contributed by atoms with Gasteiger partial charge in [0.25, 0.3) is 5.91 Å². The Hall–Kier alpha value is -1.56. The van der Waals surface area contributed by atoms with Gasteiger partial charge in [0, 0.05) is 24.3 Å². The van der Waals surface area contributed by atoms with Crippen LogP contribution in [0.4, 0.5) is 0 Å². The molecule has 1 aromatic carbocycles. The highest BCUT2D eigenvalue weighted by Gasteiger charge is 2.27. The van der Waals surface area contributed by atoms with Crippen molar-refractivity contribution in [2.24, 2.45) is 5.92 Å². The van der Waals surface area contributed by atoms with E-state index in [-0.39, 0.29) is 18.3 Å². The number of nitrogens with one attached hydrogen (secondary N) is 1. The number of amides is 1. The number of nitrogens with zero attached hydrogens (tertiary/aromatic N) is 3. The highest BCUT2D eigenvalue weighted by Crippen LogP contribution is 2.19. The Kier molecular flexibility index (Phi) is 6.04. The van der Waals surface area contributed by atoms with Crippen LogP contribution in [0.15, 0.2) is 36.7 Å². The van der Waals surface area contributed by atoms with Gasteiger partial charge in [0.2, 0.25) is 0 Å². The number of halogens is 2. The minimum atomic E-state index is 0. The number of benzene rings is 1. The Balaban J connectivity index is 0.00000192. The van der Waals surface area contributed by atoms with Crippen molar-refractivity contribution >= 4 is 29.9 Å². The molecule has 0 aliphatic carbocycles. The number of carbonyl (C=O) groups excluding carboxylic acids is 1. The molecule has 1 aliphatic heterocycles. The van der Waals surface area contributed by atoms with Gasteiger partial charge in [-0.05, 0) is 44.1 Å². The fourth-order valence-corrected chi connectivity index (χ4v) is 3.03. The summed E-state index contributed by atoms with van der Waals surface area (Å²) in [6.07, 6.45) is 4.43. The third-order valence-corrected chi connectivity index (χ3v) is 4.20. The molecular weight excluding hydrogens is 335 g/mol. The lowest BCUT2D eigenvalue weighted by atomic mass is 10.1. The largest absolute Gasteiger partial charge is 0.338 e. The lowest BCUT2D eigenvalue weighted by molar-refractivity contribution is 0.0787. The van der Waals surface area contributed by atoms with E-state index in [0.29, 0.717) is 16.5 Å². The number of aromatic nitrogens is 2. The van der Waals surface area contributed by atoms with Crippen molar-refractivity contribution < 1.29 is 4.79 Å². The third-order valence-electron chi connectivity index (χ3n) is 3.97. The van der Waals surface area contributed by atoms with E-state index in [4.69, 9.17) is 11.6 Å². The van der Waals surface area contributed by atoms with Gasteiger partial charge >= 0.3 is 0 Å². The Morgan fingerprint density at radius 2 is 2.30 bits per heavy atom. The molecule has 0 radical (unpaired) electrons. The zero-order valence-electron chi connectivity index (χ0n) is 12.9. The predicted molar refractivity (Wildman–Crippen MR) is 93.8 cm³/mol. The number of likely N-dealkylation sites (tertiary alicyclic amines) is 1. The molecule has 2 heterocycles. The lowest BCUT2D eigenvalue weighted by Gasteiger charge is -2.15. The quantitative estimate of drug-likeness (QED) is 0.917. The van der Waals surface area contributed by atoms with Crippen molar-refractivity contribution in [2.75, 3.05) is 26.7 Å². The van der Waals surface area contributed by atoms with Crippen LogP contribution < -0.4 is 5.32 Å². The highest BCUT2D eigenvalue weighted by atomic mass is 35.5. The molecule has 7 heteroatoms. The second-order valence-electron chi connectivity index (χ2n) is 5.62. The monoisotopic (exact) mass is 354 g/mol. The van der Waals surface area contributed by atoms with Crippen molar-refractivity contribution in [3.05, 3.63) is 47.2 Å². The first kappa shape index (κ1) is 17.8. The van der Waals surface area contributed by atoms with E-state index in [1.807, 2.05) is 36.2 Å². The summed E-state index contributed by atoms with van der Waals surface area (Å²) in [6, 6.07) is 7.41. The summed E-state index contributed by atoms with van der Waals surface area (Å²) in [4.78, 5) is 14.4. The number of hydrogen-bond donors (Lipinski definition) is 1. The molecule has 1 aromatic heterocycles. The second-order valence-corrected chi connectivity index (χ2v) is 6.05. The van der Waals surface area contributed by atoms with Crippen molar-refractivity contribution in [1.82, 2.24) is 20.0 Å². The van der Waals surface area contributed by atoms with Crippen LogP contribution in [0.5, 0.6) is 0 Å². The topological polar surface area (TPSA) is 50.2 Å². The minimum absolute atomic E-state index is 0. The number of carbonyl (C=O) groups is 1. The first-order chi connectivity index (χ1) is 10.7. The van der Waals surface area contributed by atoms with Crippen LogP contribution in [0.3, 0.4) is 0 Å². The molecular formula is C16H20Cl2N4O. The number of hydrogen-bond acceptors (Lipinski definition) is 3. The SMILES string of the molecule is CNCC1CCN(C(=O)c2cnn(-c3cccc(Cl)c3)c2)C1.Cl. The van der Waals surface area contributed by atoms with Crippen molar-refractivity contribution in [3.8, 4) is 5.69 Å². The Morgan fingerprint density at radius 3 is 3.04 bits per heavy atom. The van der Waals surface area contributed by atoms with Crippen LogP contribution in [0.25, 0.3) is 5.69 Å². The van der Waals surface area contributed by atoms with Crippen LogP contribution in [-0.4, -0.2) is 47.3 Å². The summed E-state index contributed by atoms with van der Waals surface area (Å²) in [5.74, 6) is 0.587. The molecule has 1 aliphatic rings. The molecule has 1 saturated heterocycles. The van der Waals surface area contributed by atoms with Crippen LogP contribution in [0.2, 0.25) is 5.02 Å². The van der Waals surface area contributed by atoms with Crippen molar-refractivity contribution in [2.45, 2.75) is 6.42 Å². The highest BCUT2D eigenvalue weighted by molar-refractivity contribution is 6.30. The van der Waals surface area contributed by atoms with E-state index in [9.17, 15) is 4.79 Å². The van der Waals surface area contributed by atoms with E-state index in [1.165, 1.54) is 0 Å². The molecule has 3 rings (SSSR count). The van der Waals surface area contributed by atoms with Gasteiger partial charge in [-0.25, -0.2) is 4.68 Å². The van der Waals surface area contributed by atoms with E-state index >= 15 is 0 Å². The van der Waals surface area contributed by atoms with Gasteiger partial charge in [-0.2, -0.15) is 5.10 Å². The summed E-state index contributed by atoms with van der Waals surface area (Å²) in [7, 11) is 1.94. The Morgan fingerprint density at radius 1 is 1.48 bits per heavy atom. The maximum atomic E-state index is 12.5. The smallest absolute Gasteiger partial charge is 0.257 e. The van der Waals surface area contributed by atoms with E-state index < -0.39 is 0 Å². The average Bonchev–Trinajstić information content (AvgIpc) is 3.16. The molecule has 1 N–H and O–H groups in total. The van der Waals surface area contributed by atoms with E-state index in [2.05, 4.69) is 10.4 Å². The molecule has 2 aromatic rings. The Labute approximate surface area is 147 Å². The maximum Gasteiger partial charge on any atom is 0.257 e. The molecule has 5 nitrogen and oxygen atoms in total. The van der Waals surface area contributed by atoms with Gasteiger partial charge in [0.15, 0.2) is 0 Å². The summed E-state index contributed by atoms with van der Waals surface area (Å²) in [5, 5.41) is 8.09. The van der Waals surface area contributed by atoms with Gasteiger partial charge in [-0.3, -0.25) is 4.79 Å². The molecule has 1 amide bonds. The van der Waals surface area contributed by atoms with Crippen LogP contribution in [0.1, 0.15) is 16.8 Å². The summed E-state index contributed by atoms with van der Waals surface area (Å²) < 4.78 is 1.68. The molecule has 0 spiro atoms. The first-order valence-corrected chi connectivity index (χ1v) is 7.79. The van der Waals surface area contributed by atoms with E-state index in [0.717, 1.165) is 31.7 Å². The molecule has 23 heavy (non-hydrogen) atoms. The van der Waals surface area contributed by atoms with Gasteiger partial charge in [0.1, 0.15) is 0 Å². The standard InChI is InChI=1S/C16H19ClN4O.ClH/c1-18-8-12-5-6-20(10-12)16(22)13-9-19-21(11-13)15-4-2-3-14(17)7-15;/h2-4,7,9,11-12,18H,5-6,8,10H2,1H3;1H. The summed E-state index contributed by atoms with van der Waals surface area (Å²) in [5.41, 5.74) is 1.46. The predicted octanol–water partition coefficient (Wildman–Crippen LogP) is 2.63. The third kappa shape index (κ3) is 4.05. The average molecular weight is 355 g/mol. The fraction of sp³-hybridized carbons (Fsp3) is 0.375. The molecule has 1 atom stereocenters. The van der Waals surface area contributed by atoms with Crippen LogP contribution in [0, 0.1) is 5.92 Å². The fourth-order valence-electron chi connectivity index (χ4n) is 2.85. The molecule has 0 bridgehead atoms. The number of rotatable bonds is 4. The first-order valence-electron chi connectivity index (χ1n) is 7.42. The van der Waals surface area contributed by atoms with Crippen molar-refractivity contribution in [3.63, 3.8) is 0 Å². The lowest BCUT2D eigenvalue weighted by Crippen LogP contribution is -2.30. The van der Waals surface area contributed by atoms with Gasteiger partial charge in [-0.15, -0.1) is 12.4 Å². The van der Waals surface area contributed by atoms with Gasteiger partial charge in [-0.1, -0.05) is 17.7 Å². The van der Waals surface area contributed by atoms with Crippen molar-refractivity contribution in [1.29, 1.82) is 0 Å². The zero-order valence-corrected chi connectivity index (χ0v) is 14.5.